The van der Waals surface area contributed by atoms with Gasteiger partial charge < -0.3 is 9.84 Å². The van der Waals surface area contributed by atoms with E-state index in [0.717, 1.165) is 4.88 Å². The molecule has 146 valence electrons. The number of carbonyl (C=O) groups excluding carboxylic acids is 2. The van der Waals surface area contributed by atoms with Crippen LogP contribution < -0.4 is 9.64 Å². The Morgan fingerprint density at radius 3 is 2.45 bits per heavy atom. The first-order valence-electron chi connectivity index (χ1n) is 8.76. The van der Waals surface area contributed by atoms with Crippen LogP contribution in [0.4, 0.5) is 5.69 Å². The number of rotatable bonds is 4. The van der Waals surface area contributed by atoms with Gasteiger partial charge in [0, 0.05) is 15.6 Å². The third-order valence-electron chi connectivity index (χ3n) is 4.72. The summed E-state index contributed by atoms with van der Waals surface area (Å²) in [6, 6.07) is 16.4. The number of ketones is 1. The van der Waals surface area contributed by atoms with Gasteiger partial charge in [0.05, 0.1) is 18.2 Å². The second-order valence-electron chi connectivity index (χ2n) is 6.36. The third kappa shape index (κ3) is 3.30. The van der Waals surface area contributed by atoms with E-state index in [4.69, 9.17) is 16.3 Å². The van der Waals surface area contributed by atoms with E-state index in [1.165, 1.54) is 23.3 Å². The first kappa shape index (κ1) is 19.2. The second-order valence-corrected chi connectivity index (χ2v) is 7.78. The molecule has 0 spiro atoms. The normalized spacial score (nSPS) is 18.3. The van der Waals surface area contributed by atoms with Crippen molar-refractivity contribution < 1.29 is 19.4 Å². The molecule has 1 unspecified atom stereocenters. The van der Waals surface area contributed by atoms with Crippen LogP contribution in [0.15, 0.2) is 71.6 Å². The van der Waals surface area contributed by atoms with Gasteiger partial charge >= 0.3 is 0 Å². The third-order valence-corrected chi connectivity index (χ3v) is 5.90. The van der Waals surface area contributed by atoms with E-state index in [9.17, 15) is 14.7 Å². The summed E-state index contributed by atoms with van der Waals surface area (Å²) in [5, 5.41) is 13.5. The fourth-order valence-electron chi connectivity index (χ4n) is 3.40. The van der Waals surface area contributed by atoms with Crippen LogP contribution in [0.3, 0.4) is 0 Å². The molecule has 7 heteroatoms. The van der Waals surface area contributed by atoms with Crippen molar-refractivity contribution in [3.63, 3.8) is 0 Å². The number of anilines is 1. The van der Waals surface area contributed by atoms with Crippen molar-refractivity contribution in [2.24, 2.45) is 0 Å². The lowest BCUT2D eigenvalue weighted by atomic mass is 9.99. The Balaban J connectivity index is 1.94. The van der Waals surface area contributed by atoms with Crippen molar-refractivity contribution in [2.75, 3.05) is 12.0 Å². The van der Waals surface area contributed by atoms with Gasteiger partial charge in [-0.2, -0.15) is 0 Å². The minimum atomic E-state index is -0.749. The summed E-state index contributed by atoms with van der Waals surface area (Å²) in [7, 11) is 1.48. The van der Waals surface area contributed by atoms with Crippen LogP contribution in [-0.2, 0) is 9.59 Å². The Morgan fingerprint density at radius 2 is 1.79 bits per heavy atom. The summed E-state index contributed by atoms with van der Waals surface area (Å²) in [5.74, 6) is -1.31. The summed E-state index contributed by atoms with van der Waals surface area (Å²) < 4.78 is 5.32. The van der Waals surface area contributed by atoms with Crippen LogP contribution in [0.25, 0.3) is 5.76 Å². The number of nitrogens with zero attached hydrogens (tertiary/aromatic N) is 1. The molecule has 1 aromatic heterocycles. The average molecular weight is 426 g/mol. The van der Waals surface area contributed by atoms with E-state index in [0.29, 0.717) is 22.0 Å². The molecule has 1 fully saturated rings. The Hall–Kier alpha value is -3.09. The number of amides is 1. The quantitative estimate of drug-likeness (QED) is 0.361. The van der Waals surface area contributed by atoms with Gasteiger partial charge in [-0.1, -0.05) is 29.8 Å². The number of ether oxygens (including phenoxy) is 1. The standard InChI is InChI=1S/C22H16ClNO4S/c1-28-16-6-3-2-5-15(16)20(25)18-19(17-7-4-12-29-17)24(22(27)21(18)26)14-10-8-13(23)9-11-14/h2-12,19,25H,1H3/b20-18-. The zero-order valence-electron chi connectivity index (χ0n) is 15.3. The SMILES string of the molecule is COc1ccccc1/C(O)=C1/C(=O)C(=O)N(c2ccc(Cl)cc2)C1c1cccs1. The number of hydrogen-bond donors (Lipinski definition) is 1. The Bertz CT molecular complexity index is 1110. The first-order valence-corrected chi connectivity index (χ1v) is 10.0. The molecule has 5 nitrogen and oxygen atoms in total. The van der Waals surface area contributed by atoms with E-state index < -0.39 is 17.7 Å². The highest BCUT2D eigenvalue weighted by Gasteiger charge is 2.47. The minimum Gasteiger partial charge on any atom is -0.507 e. The summed E-state index contributed by atoms with van der Waals surface area (Å²) >= 11 is 7.38. The Labute approximate surface area is 176 Å². The lowest BCUT2D eigenvalue weighted by Crippen LogP contribution is -2.29. The maximum Gasteiger partial charge on any atom is 0.300 e. The van der Waals surface area contributed by atoms with Crippen LogP contribution in [0.5, 0.6) is 5.75 Å². The summed E-state index contributed by atoms with van der Waals surface area (Å²) in [5.41, 5.74) is 0.900. The summed E-state index contributed by atoms with van der Waals surface area (Å²) in [6.07, 6.45) is 0. The van der Waals surface area contributed by atoms with Crippen molar-refractivity contribution in [1.29, 1.82) is 0 Å². The zero-order valence-corrected chi connectivity index (χ0v) is 16.9. The number of thiophene rings is 1. The number of para-hydroxylation sites is 1. The van der Waals surface area contributed by atoms with Gasteiger partial charge in [0.1, 0.15) is 17.6 Å². The van der Waals surface area contributed by atoms with Crippen LogP contribution >= 0.6 is 22.9 Å². The molecule has 2 aromatic carbocycles. The van der Waals surface area contributed by atoms with Crippen molar-refractivity contribution in [1.82, 2.24) is 0 Å². The molecule has 0 saturated carbocycles. The van der Waals surface area contributed by atoms with E-state index in [-0.39, 0.29) is 11.3 Å². The fourth-order valence-corrected chi connectivity index (χ4v) is 4.35. The number of carbonyl (C=O) groups is 2. The molecule has 4 rings (SSSR count). The highest BCUT2D eigenvalue weighted by molar-refractivity contribution is 7.10. The Morgan fingerprint density at radius 1 is 1.07 bits per heavy atom. The maximum absolute atomic E-state index is 13.0. The molecule has 1 saturated heterocycles. The number of halogens is 1. The van der Waals surface area contributed by atoms with Crippen LogP contribution in [0, 0.1) is 0 Å². The van der Waals surface area contributed by atoms with E-state index >= 15 is 0 Å². The van der Waals surface area contributed by atoms with Crippen molar-refractivity contribution in [3.8, 4) is 5.75 Å². The molecule has 0 radical (unpaired) electrons. The molecule has 1 atom stereocenters. The van der Waals surface area contributed by atoms with Crippen molar-refractivity contribution in [2.45, 2.75) is 6.04 Å². The van der Waals surface area contributed by atoms with Gasteiger partial charge in [-0.25, -0.2) is 0 Å². The Kier molecular flexibility index (Phi) is 5.13. The number of hydrogen-bond acceptors (Lipinski definition) is 5. The van der Waals surface area contributed by atoms with Crippen LogP contribution in [0.2, 0.25) is 5.02 Å². The lowest BCUT2D eigenvalue weighted by molar-refractivity contribution is -0.132. The number of methoxy groups -OCH3 is 1. The first-order chi connectivity index (χ1) is 14.0. The highest BCUT2D eigenvalue weighted by Crippen LogP contribution is 2.44. The monoisotopic (exact) mass is 425 g/mol. The van der Waals surface area contributed by atoms with Crippen LogP contribution in [-0.4, -0.2) is 23.9 Å². The highest BCUT2D eigenvalue weighted by atomic mass is 35.5. The lowest BCUT2D eigenvalue weighted by Gasteiger charge is -2.24. The molecule has 29 heavy (non-hydrogen) atoms. The van der Waals surface area contributed by atoms with Crippen LogP contribution in [0.1, 0.15) is 16.5 Å². The molecular formula is C22H16ClNO4S. The smallest absolute Gasteiger partial charge is 0.300 e. The predicted octanol–water partition coefficient (Wildman–Crippen LogP) is 5.04. The minimum absolute atomic E-state index is 0.0249. The fraction of sp³-hybridized carbons (Fsp3) is 0.0909. The molecule has 1 aliphatic heterocycles. The van der Waals surface area contributed by atoms with Crippen molar-refractivity contribution in [3.05, 3.63) is 87.1 Å². The van der Waals surface area contributed by atoms with E-state index in [1.54, 1.807) is 48.5 Å². The maximum atomic E-state index is 13.0. The largest absolute Gasteiger partial charge is 0.507 e. The number of benzene rings is 2. The summed E-state index contributed by atoms with van der Waals surface area (Å²) in [6.45, 7) is 0. The molecular weight excluding hydrogens is 410 g/mol. The number of aliphatic hydroxyl groups excluding tert-OH is 1. The van der Waals surface area contributed by atoms with Crippen molar-refractivity contribution >= 4 is 46.1 Å². The van der Waals surface area contributed by atoms with Gasteiger partial charge in [-0.05, 0) is 47.8 Å². The average Bonchev–Trinajstić information content (AvgIpc) is 3.35. The molecule has 3 aromatic rings. The molecule has 1 N–H and O–H groups in total. The van der Waals surface area contributed by atoms with Gasteiger partial charge in [0.15, 0.2) is 0 Å². The number of Topliss-reactive ketones (excluding diaryl/α,β-unsaturated/α-hetero) is 1. The van der Waals surface area contributed by atoms with E-state index in [1.807, 2.05) is 17.5 Å². The van der Waals surface area contributed by atoms with Gasteiger partial charge in [0.25, 0.3) is 11.7 Å². The molecule has 0 aliphatic carbocycles. The molecule has 1 aliphatic rings. The van der Waals surface area contributed by atoms with Gasteiger partial charge in [-0.15, -0.1) is 11.3 Å². The van der Waals surface area contributed by atoms with Gasteiger partial charge in [-0.3, -0.25) is 14.5 Å². The predicted molar refractivity (Wildman–Crippen MR) is 114 cm³/mol. The summed E-state index contributed by atoms with van der Waals surface area (Å²) in [4.78, 5) is 28.1. The number of aliphatic hydroxyl groups is 1. The zero-order chi connectivity index (χ0) is 20.5. The topological polar surface area (TPSA) is 66.8 Å². The van der Waals surface area contributed by atoms with E-state index in [2.05, 4.69) is 0 Å². The second kappa shape index (κ2) is 7.73. The molecule has 0 bridgehead atoms. The molecule has 2 heterocycles. The van der Waals surface area contributed by atoms with Gasteiger partial charge in [0.2, 0.25) is 0 Å². The molecule has 1 amide bonds.